The first-order chi connectivity index (χ1) is 8.51. The van der Waals surface area contributed by atoms with Crippen molar-refractivity contribution < 1.29 is 4.74 Å². The Morgan fingerprint density at radius 1 is 1.06 bits per heavy atom. The minimum atomic E-state index is 0.0400. The van der Waals surface area contributed by atoms with E-state index in [0.29, 0.717) is 11.5 Å². The van der Waals surface area contributed by atoms with E-state index in [0.717, 1.165) is 0 Å². The van der Waals surface area contributed by atoms with Gasteiger partial charge in [-0.05, 0) is 46.0 Å². The molecular weight excluding hydrogens is 222 g/mol. The van der Waals surface area contributed by atoms with Gasteiger partial charge in [-0.25, -0.2) is 0 Å². The van der Waals surface area contributed by atoms with E-state index in [1.165, 1.54) is 51.4 Å². The molecule has 2 heteroatoms. The maximum atomic E-state index is 6.34. The molecule has 0 aromatic rings. The van der Waals surface area contributed by atoms with Crippen molar-refractivity contribution in [3.05, 3.63) is 0 Å². The van der Waals surface area contributed by atoms with E-state index in [1.54, 1.807) is 0 Å². The topological polar surface area (TPSA) is 21.3 Å². The summed E-state index contributed by atoms with van der Waals surface area (Å²) in [4.78, 5) is 0. The number of ether oxygens (including phenoxy) is 1. The third kappa shape index (κ3) is 2.91. The highest BCUT2D eigenvalue weighted by molar-refractivity contribution is 4.98. The molecule has 1 N–H and O–H groups in total. The molecule has 2 aliphatic rings. The van der Waals surface area contributed by atoms with Crippen LogP contribution in [0.2, 0.25) is 0 Å². The zero-order valence-electron chi connectivity index (χ0n) is 12.7. The molecule has 1 atom stereocenters. The van der Waals surface area contributed by atoms with Crippen molar-refractivity contribution in [3.8, 4) is 0 Å². The summed E-state index contributed by atoms with van der Waals surface area (Å²) in [6.45, 7) is 9.14. The normalized spacial score (nSPS) is 31.7. The highest BCUT2D eigenvalue weighted by atomic mass is 16.5. The van der Waals surface area contributed by atoms with Gasteiger partial charge in [-0.2, -0.15) is 0 Å². The van der Waals surface area contributed by atoms with Gasteiger partial charge in [0.05, 0.1) is 5.60 Å². The lowest BCUT2D eigenvalue weighted by Crippen LogP contribution is -2.47. The van der Waals surface area contributed by atoms with Crippen molar-refractivity contribution in [2.24, 2.45) is 5.41 Å². The molecule has 0 amide bonds. The summed E-state index contributed by atoms with van der Waals surface area (Å²) in [5.74, 6) is 0. The van der Waals surface area contributed by atoms with Gasteiger partial charge in [0.2, 0.25) is 0 Å². The summed E-state index contributed by atoms with van der Waals surface area (Å²) in [6.07, 6.45) is 10.8. The lowest BCUT2D eigenvalue weighted by molar-refractivity contribution is -0.0592. The van der Waals surface area contributed by atoms with Crippen molar-refractivity contribution in [3.63, 3.8) is 0 Å². The van der Waals surface area contributed by atoms with E-state index >= 15 is 0 Å². The molecule has 1 heterocycles. The second-order valence-electron chi connectivity index (χ2n) is 7.01. The fourth-order valence-corrected chi connectivity index (χ4v) is 3.99. The third-order valence-corrected chi connectivity index (χ3v) is 5.17. The van der Waals surface area contributed by atoms with Crippen LogP contribution in [0.5, 0.6) is 0 Å². The largest absolute Gasteiger partial charge is 0.357 e. The van der Waals surface area contributed by atoms with Crippen LogP contribution in [-0.4, -0.2) is 17.9 Å². The monoisotopic (exact) mass is 253 g/mol. The van der Waals surface area contributed by atoms with Crippen LogP contribution >= 0.6 is 0 Å². The Morgan fingerprint density at radius 3 is 2.22 bits per heavy atom. The number of hydrogen-bond donors (Lipinski definition) is 1. The van der Waals surface area contributed by atoms with E-state index in [9.17, 15) is 0 Å². The lowest BCUT2D eigenvalue weighted by atomic mass is 9.75. The van der Waals surface area contributed by atoms with Gasteiger partial charge in [-0.3, -0.25) is 5.32 Å². The van der Waals surface area contributed by atoms with Crippen molar-refractivity contribution in [1.29, 1.82) is 0 Å². The average molecular weight is 253 g/mol. The van der Waals surface area contributed by atoms with Crippen LogP contribution in [-0.2, 0) is 4.74 Å². The third-order valence-electron chi connectivity index (χ3n) is 5.17. The second kappa shape index (κ2) is 5.50. The fraction of sp³-hybridized carbons (Fsp3) is 1.00. The van der Waals surface area contributed by atoms with Crippen LogP contribution in [0.15, 0.2) is 0 Å². The average Bonchev–Trinajstić information content (AvgIpc) is 2.62. The van der Waals surface area contributed by atoms with Gasteiger partial charge in [0.1, 0.15) is 6.23 Å². The Balaban J connectivity index is 2.04. The molecule has 1 aliphatic carbocycles. The summed E-state index contributed by atoms with van der Waals surface area (Å²) in [5, 5.41) is 3.84. The Morgan fingerprint density at radius 2 is 1.67 bits per heavy atom. The minimum Gasteiger partial charge on any atom is -0.357 e. The first-order valence-corrected chi connectivity index (χ1v) is 7.95. The van der Waals surface area contributed by atoms with Gasteiger partial charge in [0, 0.05) is 11.5 Å². The summed E-state index contributed by atoms with van der Waals surface area (Å²) < 4.78 is 6.34. The van der Waals surface area contributed by atoms with Gasteiger partial charge in [-0.1, -0.05) is 33.1 Å². The van der Waals surface area contributed by atoms with Crippen LogP contribution in [0, 0.1) is 5.41 Å². The maximum absolute atomic E-state index is 6.34. The molecule has 2 nitrogen and oxygen atoms in total. The second-order valence-corrected chi connectivity index (χ2v) is 7.01. The van der Waals surface area contributed by atoms with Crippen molar-refractivity contribution in [1.82, 2.24) is 5.32 Å². The molecule has 0 bridgehead atoms. The molecular formula is C16H31NO. The highest BCUT2D eigenvalue weighted by Gasteiger charge is 2.50. The van der Waals surface area contributed by atoms with Gasteiger partial charge in [0.25, 0.3) is 0 Å². The summed E-state index contributed by atoms with van der Waals surface area (Å²) in [7, 11) is 0. The minimum absolute atomic E-state index is 0.0400. The number of hydrogen-bond acceptors (Lipinski definition) is 2. The number of nitrogens with one attached hydrogen (secondary N) is 1. The zero-order valence-corrected chi connectivity index (χ0v) is 12.7. The molecule has 0 spiro atoms. The van der Waals surface area contributed by atoms with Gasteiger partial charge in [0.15, 0.2) is 0 Å². The van der Waals surface area contributed by atoms with Gasteiger partial charge >= 0.3 is 0 Å². The molecule has 2 fully saturated rings. The standard InChI is InChI=1S/C16H31NO/c1-5-16(6-2)12-15(3,4)18-14(16)17-13-10-8-7-9-11-13/h13-14,17H,5-12H2,1-4H3. The van der Waals surface area contributed by atoms with Crippen LogP contribution in [0.25, 0.3) is 0 Å². The summed E-state index contributed by atoms with van der Waals surface area (Å²) in [6, 6.07) is 0.690. The Bertz CT molecular complexity index is 264. The Labute approximate surface area is 113 Å². The van der Waals surface area contributed by atoms with Gasteiger partial charge in [-0.15, -0.1) is 0 Å². The Kier molecular flexibility index (Phi) is 4.38. The first-order valence-electron chi connectivity index (χ1n) is 7.95. The van der Waals surface area contributed by atoms with Crippen LogP contribution < -0.4 is 5.32 Å². The molecule has 18 heavy (non-hydrogen) atoms. The van der Waals surface area contributed by atoms with Crippen molar-refractivity contribution in [2.45, 2.75) is 96.9 Å². The molecule has 106 valence electrons. The fourth-order valence-electron chi connectivity index (χ4n) is 3.99. The predicted octanol–water partition coefficient (Wildman–Crippen LogP) is 4.24. The first kappa shape index (κ1) is 14.3. The zero-order chi connectivity index (χ0) is 13.2. The van der Waals surface area contributed by atoms with Crippen molar-refractivity contribution in [2.75, 3.05) is 0 Å². The van der Waals surface area contributed by atoms with E-state index in [1.807, 2.05) is 0 Å². The molecule has 0 radical (unpaired) electrons. The maximum Gasteiger partial charge on any atom is 0.114 e. The summed E-state index contributed by atoms with van der Waals surface area (Å²) >= 11 is 0. The SMILES string of the molecule is CCC1(CC)CC(C)(C)OC1NC1CCCCC1. The van der Waals surface area contributed by atoms with E-state index < -0.39 is 0 Å². The molecule has 1 saturated heterocycles. The van der Waals surface area contributed by atoms with E-state index in [4.69, 9.17) is 4.74 Å². The van der Waals surface area contributed by atoms with E-state index in [-0.39, 0.29) is 11.8 Å². The Hall–Kier alpha value is -0.0800. The van der Waals surface area contributed by atoms with E-state index in [2.05, 4.69) is 33.0 Å². The summed E-state index contributed by atoms with van der Waals surface area (Å²) in [5.41, 5.74) is 0.388. The molecule has 0 aromatic heterocycles. The molecule has 2 rings (SSSR count). The van der Waals surface area contributed by atoms with Crippen LogP contribution in [0.3, 0.4) is 0 Å². The van der Waals surface area contributed by atoms with Crippen LogP contribution in [0.1, 0.15) is 79.1 Å². The lowest BCUT2D eigenvalue weighted by Gasteiger charge is -2.36. The quantitative estimate of drug-likeness (QED) is 0.809. The predicted molar refractivity (Wildman–Crippen MR) is 76.6 cm³/mol. The smallest absolute Gasteiger partial charge is 0.114 e. The number of rotatable bonds is 4. The van der Waals surface area contributed by atoms with Gasteiger partial charge < -0.3 is 4.74 Å². The highest BCUT2D eigenvalue weighted by Crippen LogP contribution is 2.48. The molecule has 1 unspecified atom stereocenters. The molecule has 1 aliphatic heterocycles. The van der Waals surface area contributed by atoms with Crippen LogP contribution in [0.4, 0.5) is 0 Å². The van der Waals surface area contributed by atoms with Crippen molar-refractivity contribution >= 4 is 0 Å². The molecule has 0 aromatic carbocycles. The molecule has 1 saturated carbocycles.